The molecule has 2 nitrogen and oxygen atoms in total. The van der Waals surface area contributed by atoms with Crippen LogP contribution < -0.4 is 4.90 Å². The maximum absolute atomic E-state index is 2.73. The zero-order valence-electron chi connectivity index (χ0n) is 18.1. The highest BCUT2D eigenvalue weighted by atomic mass is 15.3. The number of fused-ring (bicyclic) bond motifs is 1. The first-order valence-electron chi connectivity index (χ1n) is 11.4. The number of anilines is 1. The summed E-state index contributed by atoms with van der Waals surface area (Å²) < 4.78 is 0. The van der Waals surface area contributed by atoms with Gasteiger partial charge in [-0.2, -0.15) is 0 Å². The van der Waals surface area contributed by atoms with Gasteiger partial charge in [0.1, 0.15) is 0 Å². The topological polar surface area (TPSA) is 6.48 Å². The van der Waals surface area contributed by atoms with E-state index in [2.05, 4.69) is 109 Å². The number of benzene rings is 3. The number of hydrogen-bond donors (Lipinski definition) is 0. The molecule has 2 fully saturated rings. The first-order chi connectivity index (χ1) is 14.7. The number of nitrogens with zero attached hydrogens (tertiary/aromatic N) is 2. The second-order valence-electron chi connectivity index (χ2n) is 9.31. The molecule has 1 heterocycles. The van der Waals surface area contributed by atoms with Crippen LogP contribution in [-0.2, 0) is 13.1 Å². The number of rotatable bonds is 7. The summed E-state index contributed by atoms with van der Waals surface area (Å²) in [4.78, 5) is 5.37. The lowest BCUT2D eigenvalue weighted by Crippen LogP contribution is -2.34. The van der Waals surface area contributed by atoms with E-state index < -0.39 is 0 Å². The summed E-state index contributed by atoms with van der Waals surface area (Å²) in [6.07, 6.45) is 0. The summed E-state index contributed by atoms with van der Waals surface area (Å²) in [6.45, 7) is 9.07. The molecule has 0 spiro atoms. The van der Waals surface area contributed by atoms with Gasteiger partial charge in [0.25, 0.3) is 0 Å². The van der Waals surface area contributed by atoms with Crippen molar-refractivity contribution in [2.75, 3.05) is 18.0 Å². The fourth-order valence-electron chi connectivity index (χ4n) is 5.40. The molecule has 0 N–H and O–H groups in total. The highest BCUT2D eigenvalue weighted by Crippen LogP contribution is 2.51. The van der Waals surface area contributed by atoms with Gasteiger partial charge in [-0.1, -0.05) is 92.7 Å². The Morgan fingerprint density at radius 1 is 0.733 bits per heavy atom. The van der Waals surface area contributed by atoms with E-state index in [-0.39, 0.29) is 0 Å². The predicted molar refractivity (Wildman–Crippen MR) is 126 cm³/mol. The lowest BCUT2D eigenvalue weighted by molar-refractivity contribution is 0.222. The van der Waals surface area contributed by atoms with Crippen LogP contribution >= 0.6 is 0 Å². The maximum Gasteiger partial charge on any atom is 0.0401 e. The molecule has 2 aliphatic rings. The Morgan fingerprint density at radius 3 is 1.77 bits per heavy atom. The third kappa shape index (κ3) is 3.89. The van der Waals surface area contributed by atoms with Gasteiger partial charge < -0.3 is 4.90 Å². The molecule has 2 atom stereocenters. The van der Waals surface area contributed by atoms with Crippen molar-refractivity contribution in [2.45, 2.75) is 38.9 Å². The molecule has 2 unspecified atom stereocenters. The van der Waals surface area contributed by atoms with Crippen LogP contribution in [0.2, 0.25) is 0 Å². The molecule has 1 aliphatic heterocycles. The van der Waals surface area contributed by atoms with E-state index in [9.17, 15) is 0 Å². The first kappa shape index (κ1) is 19.4. The second-order valence-corrected chi connectivity index (χ2v) is 9.31. The molecule has 0 radical (unpaired) electrons. The van der Waals surface area contributed by atoms with E-state index in [1.807, 2.05) is 0 Å². The summed E-state index contributed by atoms with van der Waals surface area (Å²) in [5.74, 6) is 2.15. The van der Waals surface area contributed by atoms with Crippen LogP contribution in [0.3, 0.4) is 0 Å². The largest absolute Gasteiger partial charge is 0.371 e. The van der Waals surface area contributed by atoms with Crippen molar-refractivity contribution in [3.05, 3.63) is 102 Å². The van der Waals surface area contributed by atoms with E-state index in [0.717, 1.165) is 24.9 Å². The number of para-hydroxylation sites is 1. The summed E-state index contributed by atoms with van der Waals surface area (Å²) >= 11 is 0. The minimum atomic E-state index is 0.571. The highest BCUT2D eigenvalue weighted by Gasteiger charge is 2.58. The van der Waals surface area contributed by atoms with Crippen LogP contribution in [0.5, 0.6) is 0 Å². The minimum Gasteiger partial charge on any atom is -0.371 e. The molecule has 2 heteroatoms. The average Bonchev–Trinajstić information content (AvgIpc) is 3.27. The summed E-state index contributed by atoms with van der Waals surface area (Å²) in [5, 5.41) is 0. The van der Waals surface area contributed by atoms with Crippen molar-refractivity contribution in [2.24, 2.45) is 11.8 Å². The molecule has 0 aromatic heterocycles. The standard InChI is InChI=1S/C28H32N2/c1-21(2)24-15-9-10-16-27(24)29-19-25-26(20-29)28(25)30(17-22-11-5-3-6-12-22)18-23-13-7-4-8-14-23/h3-16,21,25-26,28H,17-20H2,1-2H3. The monoisotopic (exact) mass is 396 g/mol. The van der Waals surface area contributed by atoms with E-state index >= 15 is 0 Å². The van der Waals surface area contributed by atoms with Gasteiger partial charge in [0.05, 0.1) is 0 Å². The molecule has 3 aromatic rings. The zero-order chi connectivity index (χ0) is 20.5. The molecule has 5 rings (SSSR count). The van der Waals surface area contributed by atoms with Gasteiger partial charge in [-0.15, -0.1) is 0 Å². The molecular weight excluding hydrogens is 364 g/mol. The maximum atomic E-state index is 2.73. The molecule has 3 aromatic carbocycles. The highest BCUT2D eigenvalue weighted by molar-refractivity contribution is 5.57. The first-order valence-corrected chi connectivity index (χ1v) is 11.4. The van der Waals surface area contributed by atoms with Crippen molar-refractivity contribution in [3.8, 4) is 0 Å². The third-order valence-corrected chi connectivity index (χ3v) is 6.93. The fraction of sp³-hybridized carbons (Fsp3) is 0.357. The Bertz CT molecular complexity index is 913. The number of piperidine rings is 1. The van der Waals surface area contributed by atoms with Gasteiger partial charge in [0, 0.05) is 37.9 Å². The van der Waals surface area contributed by atoms with Gasteiger partial charge >= 0.3 is 0 Å². The lowest BCUT2D eigenvalue weighted by Gasteiger charge is -2.30. The normalized spacial score (nSPS) is 22.5. The van der Waals surface area contributed by atoms with E-state index in [0.29, 0.717) is 12.0 Å². The van der Waals surface area contributed by atoms with E-state index in [1.54, 1.807) is 0 Å². The van der Waals surface area contributed by atoms with E-state index in [1.165, 1.54) is 35.5 Å². The summed E-state index contributed by atoms with van der Waals surface area (Å²) in [6, 6.07) is 31.6. The molecule has 1 saturated carbocycles. The van der Waals surface area contributed by atoms with Crippen molar-refractivity contribution in [1.29, 1.82) is 0 Å². The van der Waals surface area contributed by atoms with Crippen molar-refractivity contribution >= 4 is 5.69 Å². The quantitative estimate of drug-likeness (QED) is 0.487. The van der Waals surface area contributed by atoms with Crippen LogP contribution in [0.1, 0.15) is 36.5 Å². The SMILES string of the molecule is CC(C)c1ccccc1N1CC2C(C1)C2N(Cc1ccccc1)Cc1ccccc1. The van der Waals surface area contributed by atoms with Crippen molar-refractivity contribution < 1.29 is 0 Å². The minimum absolute atomic E-state index is 0.571. The Morgan fingerprint density at radius 2 is 1.23 bits per heavy atom. The Hall–Kier alpha value is -2.58. The Labute approximate surface area is 181 Å². The fourth-order valence-corrected chi connectivity index (χ4v) is 5.40. The van der Waals surface area contributed by atoms with Gasteiger partial charge in [-0.3, -0.25) is 4.90 Å². The van der Waals surface area contributed by atoms with E-state index in [4.69, 9.17) is 0 Å². The number of hydrogen-bond acceptors (Lipinski definition) is 2. The van der Waals surface area contributed by atoms with Gasteiger partial charge in [0.15, 0.2) is 0 Å². The Kier molecular flexibility index (Phi) is 5.35. The zero-order valence-corrected chi connectivity index (χ0v) is 18.1. The third-order valence-electron chi connectivity index (χ3n) is 6.93. The van der Waals surface area contributed by atoms with Crippen LogP contribution in [-0.4, -0.2) is 24.0 Å². The van der Waals surface area contributed by atoms with Gasteiger partial charge in [-0.05, 0) is 40.5 Å². The summed E-state index contributed by atoms with van der Waals surface area (Å²) in [7, 11) is 0. The summed E-state index contributed by atoms with van der Waals surface area (Å²) in [5.41, 5.74) is 5.78. The predicted octanol–water partition coefficient (Wildman–Crippen LogP) is 5.95. The van der Waals surface area contributed by atoms with Gasteiger partial charge in [0.2, 0.25) is 0 Å². The molecule has 0 bridgehead atoms. The van der Waals surface area contributed by atoms with Crippen LogP contribution in [0.25, 0.3) is 0 Å². The second kappa shape index (κ2) is 8.28. The molecule has 1 saturated heterocycles. The van der Waals surface area contributed by atoms with Crippen LogP contribution in [0.15, 0.2) is 84.9 Å². The lowest BCUT2D eigenvalue weighted by atomic mass is 10.0. The molecule has 154 valence electrons. The van der Waals surface area contributed by atoms with Crippen LogP contribution in [0, 0.1) is 11.8 Å². The molecular formula is C28H32N2. The van der Waals surface area contributed by atoms with Gasteiger partial charge in [-0.25, -0.2) is 0 Å². The Balaban J connectivity index is 1.32. The van der Waals surface area contributed by atoms with Crippen LogP contribution in [0.4, 0.5) is 5.69 Å². The smallest absolute Gasteiger partial charge is 0.0401 e. The molecule has 0 amide bonds. The van der Waals surface area contributed by atoms with Crippen molar-refractivity contribution in [3.63, 3.8) is 0 Å². The van der Waals surface area contributed by atoms with Crippen molar-refractivity contribution in [1.82, 2.24) is 4.90 Å². The molecule has 1 aliphatic carbocycles. The molecule has 30 heavy (non-hydrogen) atoms. The average molecular weight is 397 g/mol.